The SMILES string of the molecule is COc1cc(Br)c(C2(N)CC2)c(C)c1OC. The second kappa shape index (κ2) is 3.93. The van der Waals surface area contributed by atoms with Gasteiger partial charge in [0.15, 0.2) is 11.5 Å². The van der Waals surface area contributed by atoms with Crippen LogP contribution in [0.15, 0.2) is 10.5 Å². The predicted molar refractivity (Wildman–Crippen MR) is 67.1 cm³/mol. The number of hydrogen-bond acceptors (Lipinski definition) is 3. The first-order valence-electron chi connectivity index (χ1n) is 5.24. The molecule has 0 heterocycles. The van der Waals surface area contributed by atoms with Crippen LogP contribution in [0.3, 0.4) is 0 Å². The van der Waals surface area contributed by atoms with Crippen molar-refractivity contribution < 1.29 is 9.47 Å². The first kappa shape index (κ1) is 11.7. The number of hydrogen-bond donors (Lipinski definition) is 1. The van der Waals surface area contributed by atoms with Crippen LogP contribution in [0.4, 0.5) is 0 Å². The van der Waals surface area contributed by atoms with E-state index < -0.39 is 0 Å². The number of rotatable bonds is 3. The third-order valence-electron chi connectivity index (χ3n) is 3.15. The summed E-state index contributed by atoms with van der Waals surface area (Å²) in [6, 6.07) is 1.92. The van der Waals surface area contributed by atoms with E-state index >= 15 is 0 Å². The van der Waals surface area contributed by atoms with Gasteiger partial charge in [-0.15, -0.1) is 0 Å². The zero-order valence-corrected chi connectivity index (χ0v) is 11.3. The van der Waals surface area contributed by atoms with Gasteiger partial charge in [-0.3, -0.25) is 0 Å². The molecule has 2 rings (SSSR count). The maximum atomic E-state index is 6.26. The second-order valence-electron chi connectivity index (χ2n) is 4.25. The monoisotopic (exact) mass is 285 g/mol. The van der Waals surface area contributed by atoms with Gasteiger partial charge in [0, 0.05) is 15.6 Å². The lowest BCUT2D eigenvalue weighted by atomic mass is 9.98. The van der Waals surface area contributed by atoms with E-state index in [-0.39, 0.29) is 5.54 Å². The predicted octanol–water partition coefficient (Wildman–Crippen LogP) is 2.72. The van der Waals surface area contributed by atoms with Crippen molar-refractivity contribution in [1.82, 2.24) is 0 Å². The van der Waals surface area contributed by atoms with Crippen molar-refractivity contribution in [3.05, 3.63) is 21.7 Å². The molecular formula is C12H16BrNO2. The lowest BCUT2D eigenvalue weighted by Crippen LogP contribution is -2.21. The number of nitrogens with two attached hydrogens (primary N) is 1. The van der Waals surface area contributed by atoms with Gasteiger partial charge in [0.05, 0.1) is 14.2 Å². The molecule has 0 aromatic heterocycles. The third kappa shape index (κ3) is 1.70. The lowest BCUT2D eigenvalue weighted by molar-refractivity contribution is 0.351. The zero-order chi connectivity index (χ0) is 11.9. The number of benzene rings is 1. The highest BCUT2D eigenvalue weighted by molar-refractivity contribution is 9.10. The molecule has 88 valence electrons. The van der Waals surface area contributed by atoms with E-state index in [0.717, 1.165) is 39.9 Å². The fourth-order valence-corrected chi connectivity index (χ4v) is 3.03. The number of methoxy groups -OCH3 is 2. The molecule has 0 aliphatic heterocycles. The molecule has 16 heavy (non-hydrogen) atoms. The van der Waals surface area contributed by atoms with Gasteiger partial charge in [0.2, 0.25) is 0 Å². The number of halogens is 1. The van der Waals surface area contributed by atoms with Crippen molar-refractivity contribution in [3.8, 4) is 11.5 Å². The van der Waals surface area contributed by atoms with E-state index in [1.165, 1.54) is 0 Å². The Kier molecular flexibility index (Phi) is 2.88. The van der Waals surface area contributed by atoms with E-state index in [9.17, 15) is 0 Å². The molecular weight excluding hydrogens is 270 g/mol. The van der Waals surface area contributed by atoms with Gasteiger partial charge in [0.25, 0.3) is 0 Å². The minimum atomic E-state index is -0.178. The van der Waals surface area contributed by atoms with Crippen LogP contribution in [0.2, 0.25) is 0 Å². The molecule has 4 heteroatoms. The highest BCUT2D eigenvalue weighted by Crippen LogP contribution is 2.50. The molecule has 1 aromatic carbocycles. The molecule has 1 saturated carbocycles. The Balaban J connectivity index is 2.62. The van der Waals surface area contributed by atoms with Crippen molar-refractivity contribution in [3.63, 3.8) is 0 Å². The molecule has 0 unspecified atom stereocenters. The Morgan fingerprint density at radius 1 is 1.31 bits per heavy atom. The molecule has 1 aliphatic rings. The Morgan fingerprint density at radius 3 is 2.38 bits per heavy atom. The molecule has 1 fully saturated rings. The van der Waals surface area contributed by atoms with E-state index in [0.29, 0.717) is 0 Å². The smallest absolute Gasteiger partial charge is 0.164 e. The van der Waals surface area contributed by atoms with Crippen molar-refractivity contribution in [2.75, 3.05) is 14.2 Å². The Morgan fingerprint density at radius 2 is 1.94 bits per heavy atom. The van der Waals surface area contributed by atoms with Gasteiger partial charge in [0.1, 0.15) is 0 Å². The minimum absolute atomic E-state index is 0.178. The molecule has 0 saturated heterocycles. The van der Waals surface area contributed by atoms with Crippen LogP contribution in [-0.2, 0) is 5.54 Å². The summed E-state index contributed by atoms with van der Waals surface area (Å²) >= 11 is 3.56. The topological polar surface area (TPSA) is 44.5 Å². The third-order valence-corrected chi connectivity index (χ3v) is 3.77. The molecule has 0 atom stereocenters. The summed E-state index contributed by atoms with van der Waals surface area (Å²) in [6.07, 6.45) is 2.06. The van der Waals surface area contributed by atoms with E-state index in [2.05, 4.69) is 15.9 Å². The van der Waals surface area contributed by atoms with Crippen LogP contribution in [0.5, 0.6) is 11.5 Å². The molecule has 0 radical (unpaired) electrons. The van der Waals surface area contributed by atoms with Crippen LogP contribution in [0.25, 0.3) is 0 Å². The summed E-state index contributed by atoms with van der Waals surface area (Å²) < 4.78 is 11.7. The summed E-state index contributed by atoms with van der Waals surface area (Å²) in [4.78, 5) is 0. The largest absolute Gasteiger partial charge is 0.493 e. The summed E-state index contributed by atoms with van der Waals surface area (Å²) in [5.74, 6) is 1.51. The maximum Gasteiger partial charge on any atom is 0.164 e. The Bertz CT molecular complexity index is 428. The van der Waals surface area contributed by atoms with Crippen LogP contribution in [-0.4, -0.2) is 14.2 Å². The molecule has 0 bridgehead atoms. The maximum absolute atomic E-state index is 6.26. The molecule has 0 amide bonds. The molecule has 0 spiro atoms. The van der Waals surface area contributed by atoms with E-state index in [4.69, 9.17) is 15.2 Å². The van der Waals surface area contributed by atoms with Gasteiger partial charge in [-0.1, -0.05) is 15.9 Å². The first-order valence-corrected chi connectivity index (χ1v) is 6.03. The average molecular weight is 286 g/mol. The fraction of sp³-hybridized carbons (Fsp3) is 0.500. The van der Waals surface area contributed by atoms with Gasteiger partial charge < -0.3 is 15.2 Å². The van der Waals surface area contributed by atoms with E-state index in [1.807, 2.05) is 13.0 Å². The van der Waals surface area contributed by atoms with Crippen LogP contribution in [0, 0.1) is 6.92 Å². The normalized spacial score (nSPS) is 17.1. The number of ether oxygens (including phenoxy) is 2. The molecule has 1 aromatic rings. The van der Waals surface area contributed by atoms with Crippen molar-refractivity contribution >= 4 is 15.9 Å². The van der Waals surface area contributed by atoms with Crippen LogP contribution < -0.4 is 15.2 Å². The molecule has 3 nitrogen and oxygen atoms in total. The lowest BCUT2D eigenvalue weighted by Gasteiger charge is -2.20. The quantitative estimate of drug-likeness (QED) is 0.929. The summed E-state index contributed by atoms with van der Waals surface area (Å²) in [6.45, 7) is 2.02. The Labute approximate surface area is 104 Å². The van der Waals surface area contributed by atoms with Crippen LogP contribution in [0.1, 0.15) is 24.0 Å². The average Bonchev–Trinajstić information content (AvgIpc) is 2.96. The summed E-state index contributed by atoms with van der Waals surface area (Å²) in [5.41, 5.74) is 8.29. The highest BCUT2D eigenvalue weighted by Gasteiger charge is 2.43. The van der Waals surface area contributed by atoms with Crippen molar-refractivity contribution in [1.29, 1.82) is 0 Å². The minimum Gasteiger partial charge on any atom is -0.493 e. The summed E-state index contributed by atoms with van der Waals surface area (Å²) in [7, 11) is 3.29. The van der Waals surface area contributed by atoms with Gasteiger partial charge >= 0.3 is 0 Å². The van der Waals surface area contributed by atoms with Crippen molar-refractivity contribution in [2.45, 2.75) is 25.3 Å². The van der Waals surface area contributed by atoms with Gasteiger partial charge in [-0.2, -0.15) is 0 Å². The van der Waals surface area contributed by atoms with Gasteiger partial charge in [-0.05, 0) is 31.4 Å². The zero-order valence-electron chi connectivity index (χ0n) is 9.76. The standard InChI is InChI=1S/C12H16BrNO2/c1-7-10(12(14)4-5-12)8(13)6-9(15-2)11(7)16-3/h6H,4-5,14H2,1-3H3. The second-order valence-corrected chi connectivity index (χ2v) is 5.10. The van der Waals surface area contributed by atoms with E-state index in [1.54, 1.807) is 14.2 Å². The highest BCUT2D eigenvalue weighted by atomic mass is 79.9. The fourth-order valence-electron chi connectivity index (χ4n) is 2.13. The molecule has 2 N–H and O–H groups in total. The van der Waals surface area contributed by atoms with Gasteiger partial charge in [-0.25, -0.2) is 0 Å². The van der Waals surface area contributed by atoms with Crippen molar-refractivity contribution in [2.24, 2.45) is 5.73 Å². The van der Waals surface area contributed by atoms with Crippen LogP contribution >= 0.6 is 15.9 Å². The summed E-state index contributed by atoms with van der Waals surface area (Å²) in [5, 5.41) is 0. The first-order chi connectivity index (χ1) is 7.53. The Hall–Kier alpha value is -0.740. The molecule has 1 aliphatic carbocycles.